The van der Waals surface area contributed by atoms with Crippen molar-refractivity contribution in [2.45, 2.75) is 6.92 Å². The van der Waals surface area contributed by atoms with Crippen LogP contribution in [0.5, 0.6) is 0 Å². The Hall–Kier alpha value is -3.34. The zero-order valence-corrected chi connectivity index (χ0v) is 15.1. The molecule has 3 aromatic rings. The minimum atomic E-state index is -0.436. The lowest BCUT2D eigenvalue weighted by molar-refractivity contribution is 0.0828. The molecule has 1 aromatic heterocycles. The van der Waals surface area contributed by atoms with E-state index in [1.807, 2.05) is 66.2 Å². The second kappa shape index (κ2) is 6.88. The summed E-state index contributed by atoms with van der Waals surface area (Å²) in [5, 5.41) is 0. The van der Waals surface area contributed by atoms with Gasteiger partial charge >= 0.3 is 0 Å². The zero-order valence-electron chi connectivity index (χ0n) is 15.1. The summed E-state index contributed by atoms with van der Waals surface area (Å²) in [7, 11) is 3.49. The fourth-order valence-electron chi connectivity index (χ4n) is 3.02. The fourth-order valence-corrected chi connectivity index (χ4v) is 3.02. The predicted octanol–water partition coefficient (Wildman–Crippen LogP) is 3.25. The van der Waals surface area contributed by atoms with Gasteiger partial charge in [-0.05, 0) is 42.3 Å². The van der Waals surface area contributed by atoms with Gasteiger partial charge in [-0.1, -0.05) is 30.3 Å². The van der Waals surface area contributed by atoms with Crippen LogP contribution in [0.2, 0.25) is 0 Å². The van der Waals surface area contributed by atoms with Crippen molar-refractivity contribution in [1.82, 2.24) is 9.47 Å². The number of hydrogen-bond donors (Lipinski definition) is 1. The van der Waals surface area contributed by atoms with E-state index < -0.39 is 5.91 Å². The number of carbonyl (C=O) groups is 2. The monoisotopic (exact) mass is 347 g/mol. The van der Waals surface area contributed by atoms with Crippen molar-refractivity contribution in [3.63, 3.8) is 0 Å². The van der Waals surface area contributed by atoms with Gasteiger partial charge in [0.1, 0.15) is 0 Å². The van der Waals surface area contributed by atoms with Crippen LogP contribution in [0.1, 0.15) is 26.4 Å². The second-order valence-electron chi connectivity index (χ2n) is 6.34. The lowest BCUT2D eigenvalue weighted by Crippen LogP contribution is -2.22. The van der Waals surface area contributed by atoms with E-state index in [0.717, 1.165) is 22.5 Å². The summed E-state index contributed by atoms with van der Waals surface area (Å²) < 4.78 is 1.92. The van der Waals surface area contributed by atoms with Crippen molar-refractivity contribution < 1.29 is 9.59 Å². The molecule has 0 fully saturated rings. The SMILES string of the molecule is Cc1c(C(N)=O)ccn1-c1ccc(-c2ccccc2C(=O)N(C)C)cc1. The van der Waals surface area contributed by atoms with Crippen LogP contribution in [0.25, 0.3) is 16.8 Å². The molecule has 26 heavy (non-hydrogen) atoms. The molecule has 0 spiro atoms. The van der Waals surface area contributed by atoms with E-state index in [1.165, 1.54) is 0 Å². The van der Waals surface area contributed by atoms with Gasteiger partial charge in [0.2, 0.25) is 0 Å². The van der Waals surface area contributed by atoms with Gasteiger partial charge in [-0.2, -0.15) is 0 Å². The molecule has 0 atom stereocenters. The summed E-state index contributed by atoms with van der Waals surface area (Å²) in [6, 6.07) is 17.2. The van der Waals surface area contributed by atoms with Crippen molar-refractivity contribution in [3.05, 3.63) is 77.6 Å². The number of benzene rings is 2. The van der Waals surface area contributed by atoms with Crippen molar-refractivity contribution in [3.8, 4) is 16.8 Å². The first-order valence-corrected chi connectivity index (χ1v) is 8.29. The highest BCUT2D eigenvalue weighted by atomic mass is 16.2. The van der Waals surface area contributed by atoms with Crippen LogP contribution >= 0.6 is 0 Å². The second-order valence-corrected chi connectivity index (χ2v) is 6.34. The molecule has 5 nitrogen and oxygen atoms in total. The Morgan fingerprint density at radius 1 is 0.923 bits per heavy atom. The van der Waals surface area contributed by atoms with Crippen LogP contribution in [0.15, 0.2) is 60.8 Å². The lowest BCUT2D eigenvalue weighted by atomic mass is 9.98. The Morgan fingerprint density at radius 3 is 2.15 bits per heavy atom. The van der Waals surface area contributed by atoms with Crippen molar-refractivity contribution >= 4 is 11.8 Å². The molecule has 2 aromatic carbocycles. The highest BCUT2D eigenvalue weighted by Gasteiger charge is 2.15. The number of nitrogens with zero attached hydrogens (tertiary/aromatic N) is 2. The third-order valence-electron chi connectivity index (χ3n) is 4.43. The van der Waals surface area contributed by atoms with Crippen LogP contribution in [-0.4, -0.2) is 35.4 Å². The summed E-state index contributed by atoms with van der Waals surface area (Å²) in [4.78, 5) is 25.4. The molecule has 0 bridgehead atoms. The van der Waals surface area contributed by atoms with Gasteiger partial charge in [0.05, 0.1) is 5.56 Å². The molecule has 0 saturated carbocycles. The van der Waals surface area contributed by atoms with Gasteiger partial charge in [-0.15, -0.1) is 0 Å². The van der Waals surface area contributed by atoms with E-state index in [1.54, 1.807) is 25.1 Å². The number of carbonyl (C=O) groups excluding carboxylic acids is 2. The first-order valence-electron chi connectivity index (χ1n) is 8.29. The maximum atomic E-state index is 12.4. The first kappa shape index (κ1) is 17.5. The molecule has 0 radical (unpaired) electrons. The van der Waals surface area contributed by atoms with Gasteiger partial charge in [-0.25, -0.2) is 0 Å². The lowest BCUT2D eigenvalue weighted by Gasteiger charge is -2.15. The van der Waals surface area contributed by atoms with E-state index in [-0.39, 0.29) is 5.91 Å². The highest BCUT2D eigenvalue weighted by molar-refractivity contribution is 6.00. The molecule has 5 heteroatoms. The molecule has 3 rings (SSSR count). The fraction of sp³-hybridized carbons (Fsp3) is 0.143. The smallest absolute Gasteiger partial charge is 0.253 e. The molecule has 1 heterocycles. The highest BCUT2D eigenvalue weighted by Crippen LogP contribution is 2.26. The Morgan fingerprint density at radius 2 is 1.58 bits per heavy atom. The molecule has 132 valence electrons. The van der Waals surface area contributed by atoms with Crippen molar-refractivity contribution in [1.29, 1.82) is 0 Å². The Balaban J connectivity index is 1.99. The summed E-state index contributed by atoms with van der Waals surface area (Å²) in [6.07, 6.45) is 1.83. The summed E-state index contributed by atoms with van der Waals surface area (Å²) >= 11 is 0. The summed E-state index contributed by atoms with van der Waals surface area (Å²) in [5.41, 5.74) is 10.1. The van der Waals surface area contributed by atoms with Crippen LogP contribution < -0.4 is 5.73 Å². The molecule has 0 saturated heterocycles. The van der Waals surface area contributed by atoms with Crippen LogP contribution in [0.3, 0.4) is 0 Å². The molecule has 0 aliphatic rings. The average Bonchev–Trinajstić information content (AvgIpc) is 3.03. The van der Waals surface area contributed by atoms with Gasteiger partial charge in [0, 0.05) is 37.2 Å². The number of primary amides is 1. The quantitative estimate of drug-likeness (QED) is 0.787. The minimum Gasteiger partial charge on any atom is -0.366 e. The summed E-state index contributed by atoms with van der Waals surface area (Å²) in [5.74, 6) is -0.467. The van der Waals surface area contributed by atoms with Gasteiger partial charge < -0.3 is 15.2 Å². The van der Waals surface area contributed by atoms with E-state index in [9.17, 15) is 9.59 Å². The molecular formula is C21H21N3O2. The largest absolute Gasteiger partial charge is 0.366 e. The van der Waals surface area contributed by atoms with Crippen molar-refractivity contribution in [2.75, 3.05) is 14.1 Å². The maximum absolute atomic E-state index is 12.4. The van der Waals surface area contributed by atoms with Gasteiger partial charge in [0.25, 0.3) is 11.8 Å². The Labute approximate surface area is 152 Å². The van der Waals surface area contributed by atoms with Crippen LogP contribution in [0, 0.1) is 6.92 Å². The number of hydrogen-bond acceptors (Lipinski definition) is 2. The molecule has 0 unspecified atom stereocenters. The number of aromatic nitrogens is 1. The molecular weight excluding hydrogens is 326 g/mol. The maximum Gasteiger partial charge on any atom is 0.253 e. The van der Waals surface area contributed by atoms with Gasteiger partial charge in [-0.3, -0.25) is 9.59 Å². The van der Waals surface area contributed by atoms with Crippen LogP contribution in [-0.2, 0) is 0 Å². The number of amides is 2. The molecule has 2 N–H and O–H groups in total. The molecule has 2 amide bonds. The first-order chi connectivity index (χ1) is 12.4. The normalized spacial score (nSPS) is 10.6. The third-order valence-corrected chi connectivity index (χ3v) is 4.43. The molecule has 0 aliphatic carbocycles. The minimum absolute atomic E-state index is 0.0305. The summed E-state index contributed by atoms with van der Waals surface area (Å²) in [6.45, 7) is 1.86. The van der Waals surface area contributed by atoms with Gasteiger partial charge in [0.15, 0.2) is 0 Å². The molecule has 0 aliphatic heterocycles. The topological polar surface area (TPSA) is 68.3 Å². The van der Waals surface area contributed by atoms with E-state index in [2.05, 4.69) is 0 Å². The van der Waals surface area contributed by atoms with E-state index >= 15 is 0 Å². The zero-order chi connectivity index (χ0) is 18.8. The van der Waals surface area contributed by atoms with Crippen LogP contribution in [0.4, 0.5) is 0 Å². The van der Waals surface area contributed by atoms with E-state index in [4.69, 9.17) is 5.73 Å². The standard InChI is InChI=1S/C21H21N3O2/c1-14-17(20(22)25)12-13-24(14)16-10-8-15(9-11-16)18-6-4-5-7-19(18)21(26)23(2)3/h4-13H,1-3H3,(H2,22,25). The average molecular weight is 347 g/mol. The number of rotatable bonds is 4. The Kier molecular flexibility index (Phi) is 4.63. The third kappa shape index (κ3) is 3.11. The van der Waals surface area contributed by atoms with Crippen molar-refractivity contribution in [2.24, 2.45) is 5.73 Å². The Bertz CT molecular complexity index is 969. The number of nitrogens with two attached hydrogens (primary N) is 1. The predicted molar refractivity (Wildman–Crippen MR) is 102 cm³/mol. The van der Waals surface area contributed by atoms with E-state index in [0.29, 0.717) is 11.1 Å².